The molecular formula is C16H15N5O. The number of hydrogen-bond acceptors (Lipinski definition) is 4. The topological polar surface area (TPSA) is 63.4 Å². The van der Waals surface area contributed by atoms with Crippen LogP contribution in [-0.2, 0) is 6.42 Å². The van der Waals surface area contributed by atoms with Crippen molar-refractivity contribution >= 4 is 17.4 Å². The minimum atomic E-state index is -0.174. The van der Waals surface area contributed by atoms with Crippen LogP contribution in [0.15, 0.2) is 30.3 Å². The molecule has 0 fully saturated rings. The number of carbonyl (C=O) groups excluding carboxylic acids is 1. The lowest BCUT2D eigenvalue weighted by atomic mass is 10.2. The van der Waals surface area contributed by atoms with Crippen LogP contribution < -0.4 is 4.90 Å². The molecule has 6 nitrogen and oxygen atoms in total. The normalized spacial score (nSPS) is 13.6. The van der Waals surface area contributed by atoms with Gasteiger partial charge in [0, 0.05) is 23.6 Å². The van der Waals surface area contributed by atoms with Crippen molar-refractivity contribution in [3.63, 3.8) is 0 Å². The lowest BCUT2D eigenvalue weighted by Crippen LogP contribution is -2.29. The number of nitrogens with zero attached hydrogens (tertiary/aromatic N) is 5. The predicted octanol–water partition coefficient (Wildman–Crippen LogP) is 1.94. The van der Waals surface area contributed by atoms with Crippen molar-refractivity contribution in [3.05, 3.63) is 53.1 Å². The molecule has 0 saturated heterocycles. The number of hydrogen-bond donors (Lipinski definition) is 0. The number of anilines is 1. The second-order valence-electron chi connectivity index (χ2n) is 5.52. The summed E-state index contributed by atoms with van der Waals surface area (Å²) in [5, 5.41) is 4.32. The van der Waals surface area contributed by atoms with Crippen LogP contribution in [0, 0.1) is 13.8 Å². The van der Waals surface area contributed by atoms with Gasteiger partial charge in [0.1, 0.15) is 0 Å². The number of carbonyl (C=O) groups is 1. The zero-order chi connectivity index (χ0) is 15.3. The van der Waals surface area contributed by atoms with Crippen LogP contribution in [0.4, 0.5) is 5.69 Å². The zero-order valence-electron chi connectivity index (χ0n) is 12.4. The Kier molecular flexibility index (Phi) is 2.72. The number of para-hydroxylation sites is 1. The molecular weight excluding hydrogens is 278 g/mol. The van der Waals surface area contributed by atoms with E-state index in [9.17, 15) is 4.79 Å². The summed E-state index contributed by atoms with van der Waals surface area (Å²) in [6.07, 6.45) is 0.867. The molecule has 4 rings (SSSR count). The monoisotopic (exact) mass is 293 g/mol. The highest BCUT2D eigenvalue weighted by molar-refractivity contribution is 6.05. The molecule has 0 unspecified atom stereocenters. The third-order valence-corrected chi connectivity index (χ3v) is 3.94. The molecule has 1 aliphatic heterocycles. The van der Waals surface area contributed by atoms with Gasteiger partial charge >= 0.3 is 0 Å². The maximum absolute atomic E-state index is 12.7. The SMILES string of the molecule is Cc1cc(C)n2nc(C(=O)N3CCc4ccccc43)nc2n1. The Morgan fingerprint density at radius 3 is 2.86 bits per heavy atom. The van der Waals surface area contributed by atoms with Crippen molar-refractivity contribution in [3.8, 4) is 0 Å². The molecule has 2 aromatic heterocycles. The van der Waals surface area contributed by atoms with Crippen molar-refractivity contribution in [2.75, 3.05) is 11.4 Å². The highest BCUT2D eigenvalue weighted by Gasteiger charge is 2.28. The van der Waals surface area contributed by atoms with Crippen LogP contribution in [0.25, 0.3) is 5.78 Å². The number of rotatable bonds is 1. The second-order valence-corrected chi connectivity index (χ2v) is 5.52. The van der Waals surface area contributed by atoms with Gasteiger partial charge in [-0.25, -0.2) is 9.50 Å². The first-order valence-corrected chi connectivity index (χ1v) is 7.24. The summed E-state index contributed by atoms with van der Waals surface area (Å²) in [7, 11) is 0. The number of amides is 1. The van der Waals surface area contributed by atoms with E-state index in [1.807, 2.05) is 38.1 Å². The van der Waals surface area contributed by atoms with Gasteiger partial charge in [-0.05, 0) is 38.0 Å². The average molecular weight is 293 g/mol. The van der Waals surface area contributed by atoms with Gasteiger partial charge in [0.15, 0.2) is 0 Å². The summed E-state index contributed by atoms with van der Waals surface area (Å²) in [5.41, 5.74) is 3.91. The van der Waals surface area contributed by atoms with Crippen molar-refractivity contribution in [2.24, 2.45) is 0 Å². The molecule has 0 bridgehead atoms. The van der Waals surface area contributed by atoms with E-state index in [1.54, 1.807) is 9.42 Å². The van der Waals surface area contributed by atoms with Crippen LogP contribution in [0.5, 0.6) is 0 Å². The third-order valence-electron chi connectivity index (χ3n) is 3.94. The van der Waals surface area contributed by atoms with E-state index in [4.69, 9.17) is 0 Å². The molecule has 0 saturated carbocycles. The van der Waals surface area contributed by atoms with Gasteiger partial charge in [-0.15, -0.1) is 5.10 Å². The van der Waals surface area contributed by atoms with Gasteiger partial charge in [0.05, 0.1) is 0 Å². The van der Waals surface area contributed by atoms with E-state index in [1.165, 1.54) is 5.56 Å². The lowest BCUT2D eigenvalue weighted by molar-refractivity contribution is 0.0979. The minimum Gasteiger partial charge on any atom is -0.305 e. The predicted molar refractivity (Wildman–Crippen MR) is 82.1 cm³/mol. The maximum atomic E-state index is 12.7. The Morgan fingerprint density at radius 2 is 2.00 bits per heavy atom. The minimum absolute atomic E-state index is 0.174. The quantitative estimate of drug-likeness (QED) is 0.688. The third kappa shape index (κ3) is 1.88. The second kappa shape index (κ2) is 4.62. The van der Waals surface area contributed by atoms with E-state index in [-0.39, 0.29) is 11.7 Å². The van der Waals surface area contributed by atoms with Gasteiger partial charge < -0.3 is 4.90 Å². The summed E-state index contributed by atoms with van der Waals surface area (Å²) >= 11 is 0. The molecule has 6 heteroatoms. The molecule has 3 heterocycles. The van der Waals surface area contributed by atoms with Crippen LogP contribution in [0.2, 0.25) is 0 Å². The van der Waals surface area contributed by atoms with Crippen LogP contribution in [0.1, 0.15) is 27.6 Å². The first-order valence-electron chi connectivity index (χ1n) is 7.24. The molecule has 22 heavy (non-hydrogen) atoms. The molecule has 3 aromatic rings. The van der Waals surface area contributed by atoms with Crippen molar-refractivity contribution in [1.82, 2.24) is 19.6 Å². The lowest BCUT2D eigenvalue weighted by Gasteiger charge is -2.14. The average Bonchev–Trinajstić information content (AvgIpc) is 3.10. The van der Waals surface area contributed by atoms with Gasteiger partial charge in [-0.1, -0.05) is 18.2 Å². The molecule has 0 N–H and O–H groups in total. The summed E-state index contributed by atoms with van der Waals surface area (Å²) in [5.74, 6) is 0.485. The van der Waals surface area contributed by atoms with Gasteiger partial charge in [0.25, 0.3) is 11.7 Å². The zero-order valence-corrected chi connectivity index (χ0v) is 12.4. The molecule has 1 aliphatic rings. The smallest absolute Gasteiger partial charge is 0.298 e. The Hall–Kier alpha value is -2.76. The van der Waals surface area contributed by atoms with E-state index in [0.717, 1.165) is 23.5 Å². The van der Waals surface area contributed by atoms with Gasteiger partial charge in [-0.2, -0.15) is 4.98 Å². The first-order chi connectivity index (χ1) is 10.6. The fraction of sp³-hybridized carbons (Fsp3) is 0.250. The van der Waals surface area contributed by atoms with E-state index < -0.39 is 0 Å². The molecule has 1 aromatic carbocycles. The number of aryl methyl sites for hydroxylation is 2. The summed E-state index contributed by atoms with van der Waals surface area (Å²) in [6, 6.07) is 9.86. The summed E-state index contributed by atoms with van der Waals surface area (Å²) in [4.78, 5) is 23.1. The van der Waals surface area contributed by atoms with Gasteiger partial charge in [0.2, 0.25) is 5.82 Å². The van der Waals surface area contributed by atoms with E-state index >= 15 is 0 Å². The molecule has 0 radical (unpaired) electrons. The van der Waals surface area contributed by atoms with Crippen molar-refractivity contribution in [2.45, 2.75) is 20.3 Å². The van der Waals surface area contributed by atoms with E-state index in [0.29, 0.717) is 12.3 Å². The van der Waals surface area contributed by atoms with Gasteiger partial charge in [-0.3, -0.25) is 4.79 Å². The van der Waals surface area contributed by atoms with Crippen molar-refractivity contribution < 1.29 is 4.79 Å². The van der Waals surface area contributed by atoms with E-state index in [2.05, 4.69) is 21.1 Å². The fourth-order valence-electron chi connectivity index (χ4n) is 2.93. The Morgan fingerprint density at radius 1 is 1.18 bits per heavy atom. The number of aromatic nitrogens is 4. The number of fused-ring (bicyclic) bond motifs is 2. The molecule has 0 aliphatic carbocycles. The molecule has 0 spiro atoms. The Bertz CT molecular complexity index is 899. The van der Waals surface area contributed by atoms with Crippen LogP contribution in [-0.4, -0.2) is 32.0 Å². The molecule has 110 valence electrons. The summed E-state index contributed by atoms with van der Waals surface area (Å²) < 4.78 is 1.61. The van der Waals surface area contributed by atoms with Crippen LogP contribution >= 0.6 is 0 Å². The molecule has 1 amide bonds. The van der Waals surface area contributed by atoms with Crippen molar-refractivity contribution in [1.29, 1.82) is 0 Å². The number of benzene rings is 1. The highest BCUT2D eigenvalue weighted by atomic mass is 16.2. The molecule has 0 atom stereocenters. The standard InChI is InChI=1S/C16H15N5O/c1-10-9-11(2)21-16(17-10)18-14(19-21)15(22)20-8-7-12-5-3-4-6-13(12)20/h3-6,9H,7-8H2,1-2H3. The highest BCUT2D eigenvalue weighted by Crippen LogP contribution is 2.28. The first kappa shape index (κ1) is 12.9. The fourth-order valence-corrected chi connectivity index (χ4v) is 2.93. The largest absolute Gasteiger partial charge is 0.305 e. The Labute approximate surface area is 127 Å². The summed E-state index contributed by atoms with van der Waals surface area (Å²) in [6.45, 7) is 4.49. The maximum Gasteiger partial charge on any atom is 0.298 e. The van der Waals surface area contributed by atoms with Crippen LogP contribution in [0.3, 0.4) is 0 Å². The Balaban J connectivity index is 1.77.